The summed E-state index contributed by atoms with van der Waals surface area (Å²) in [7, 11) is 1.97. The SMILES string of the molecule is CSCCCNC(=NCc1nnc(C)n1C)NC(C)c1ccc2ccccc2c1.I. The Bertz CT molecular complexity index is 971. The van der Waals surface area contributed by atoms with Crippen molar-refractivity contribution >= 4 is 52.5 Å². The normalized spacial score (nSPS) is 12.5. The average molecular weight is 539 g/mol. The molecule has 0 bridgehead atoms. The van der Waals surface area contributed by atoms with Gasteiger partial charge in [-0.1, -0.05) is 36.4 Å². The summed E-state index contributed by atoms with van der Waals surface area (Å²) in [6, 6.07) is 15.2. The van der Waals surface area contributed by atoms with E-state index in [1.807, 2.05) is 30.3 Å². The number of aliphatic imine (C=N–C) groups is 1. The molecular formula is C22H31IN6S. The van der Waals surface area contributed by atoms with E-state index in [1.54, 1.807) is 0 Å². The molecule has 0 saturated carbocycles. The van der Waals surface area contributed by atoms with Crippen LogP contribution in [-0.2, 0) is 13.6 Å². The minimum atomic E-state index is 0. The molecule has 0 radical (unpaired) electrons. The summed E-state index contributed by atoms with van der Waals surface area (Å²) in [4.78, 5) is 4.76. The Balaban J connectivity index is 0.00000320. The first-order chi connectivity index (χ1) is 14.1. The minimum absolute atomic E-state index is 0. The van der Waals surface area contributed by atoms with Crippen LogP contribution in [0, 0.1) is 6.92 Å². The summed E-state index contributed by atoms with van der Waals surface area (Å²) in [5.74, 6) is 3.67. The molecule has 8 heteroatoms. The third-order valence-corrected chi connectivity index (χ3v) is 5.70. The maximum absolute atomic E-state index is 4.76. The highest BCUT2D eigenvalue weighted by Crippen LogP contribution is 2.20. The molecule has 1 heterocycles. The van der Waals surface area contributed by atoms with Gasteiger partial charge in [0, 0.05) is 13.6 Å². The zero-order valence-electron chi connectivity index (χ0n) is 18.1. The molecule has 0 aliphatic heterocycles. The van der Waals surface area contributed by atoms with E-state index in [4.69, 9.17) is 4.99 Å². The van der Waals surface area contributed by atoms with Crippen LogP contribution >= 0.6 is 35.7 Å². The monoisotopic (exact) mass is 538 g/mol. The summed E-state index contributed by atoms with van der Waals surface area (Å²) in [5.41, 5.74) is 1.23. The second-order valence-electron chi connectivity index (χ2n) is 7.13. The number of nitrogens with one attached hydrogen (secondary N) is 2. The zero-order chi connectivity index (χ0) is 20.6. The molecule has 30 heavy (non-hydrogen) atoms. The van der Waals surface area contributed by atoms with Crippen molar-refractivity contribution in [3.63, 3.8) is 0 Å². The second kappa shape index (κ2) is 12.1. The maximum atomic E-state index is 4.76. The first-order valence-electron chi connectivity index (χ1n) is 9.96. The third-order valence-electron chi connectivity index (χ3n) is 5.01. The number of fused-ring (bicyclic) bond motifs is 1. The van der Waals surface area contributed by atoms with E-state index in [2.05, 4.69) is 76.5 Å². The number of rotatable bonds is 8. The summed E-state index contributed by atoms with van der Waals surface area (Å²) in [6.07, 6.45) is 3.22. The lowest BCUT2D eigenvalue weighted by Gasteiger charge is -2.19. The highest BCUT2D eigenvalue weighted by Gasteiger charge is 2.10. The van der Waals surface area contributed by atoms with Gasteiger partial charge < -0.3 is 15.2 Å². The zero-order valence-corrected chi connectivity index (χ0v) is 21.2. The van der Waals surface area contributed by atoms with Gasteiger partial charge in [0.25, 0.3) is 0 Å². The molecule has 6 nitrogen and oxygen atoms in total. The van der Waals surface area contributed by atoms with Crippen LogP contribution in [0.1, 0.15) is 36.6 Å². The lowest BCUT2D eigenvalue weighted by molar-refractivity contribution is 0.674. The highest BCUT2D eigenvalue weighted by molar-refractivity contribution is 14.0. The molecule has 0 aliphatic rings. The van der Waals surface area contributed by atoms with E-state index in [9.17, 15) is 0 Å². The molecule has 1 unspecified atom stereocenters. The van der Waals surface area contributed by atoms with Crippen LogP contribution in [0.4, 0.5) is 0 Å². The number of guanidine groups is 1. The van der Waals surface area contributed by atoms with Gasteiger partial charge in [0.2, 0.25) is 0 Å². The molecule has 2 aromatic carbocycles. The smallest absolute Gasteiger partial charge is 0.192 e. The van der Waals surface area contributed by atoms with Crippen LogP contribution in [0.5, 0.6) is 0 Å². The lowest BCUT2D eigenvalue weighted by Crippen LogP contribution is -2.39. The van der Waals surface area contributed by atoms with Crippen LogP contribution < -0.4 is 10.6 Å². The number of aromatic nitrogens is 3. The quantitative estimate of drug-likeness (QED) is 0.192. The molecule has 1 atom stereocenters. The largest absolute Gasteiger partial charge is 0.356 e. The molecule has 0 spiro atoms. The van der Waals surface area contributed by atoms with Crippen LogP contribution in [-0.4, -0.2) is 39.3 Å². The van der Waals surface area contributed by atoms with E-state index in [0.717, 1.165) is 36.3 Å². The Morgan fingerprint density at radius 1 is 1.17 bits per heavy atom. The van der Waals surface area contributed by atoms with E-state index in [-0.39, 0.29) is 30.0 Å². The van der Waals surface area contributed by atoms with Crippen molar-refractivity contribution in [2.24, 2.45) is 12.0 Å². The molecule has 0 amide bonds. The number of hydrogen-bond acceptors (Lipinski definition) is 4. The van der Waals surface area contributed by atoms with Crippen molar-refractivity contribution < 1.29 is 0 Å². The third kappa shape index (κ3) is 6.60. The first kappa shape index (κ1) is 24.5. The molecule has 0 aliphatic carbocycles. The fourth-order valence-electron chi connectivity index (χ4n) is 3.08. The van der Waals surface area contributed by atoms with Gasteiger partial charge in [0.05, 0.1) is 6.04 Å². The van der Waals surface area contributed by atoms with Crippen molar-refractivity contribution in [3.05, 3.63) is 59.7 Å². The number of halogens is 1. The summed E-state index contributed by atoms with van der Waals surface area (Å²) in [5, 5.41) is 17.8. The fourth-order valence-corrected chi connectivity index (χ4v) is 3.51. The average Bonchev–Trinajstić information content (AvgIpc) is 3.06. The molecule has 2 N–H and O–H groups in total. The maximum Gasteiger partial charge on any atom is 0.192 e. The van der Waals surface area contributed by atoms with Gasteiger partial charge in [0.15, 0.2) is 11.8 Å². The van der Waals surface area contributed by atoms with Gasteiger partial charge in [-0.25, -0.2) is 4.99 Å². The van der Waals surface area contributed by atoms with Crippen molar-refractivity contribution in [1.82, 2.24) is 25.4 Å². The summed E-state index contributed by atoms with van der Waals surface area (Å²) < 4.78 is 1.97. The van der Waals surface area contributed by atoms with Gasteiger partial charge >= 0.3 is 0 Å². The number of nitrogens with zero attached hydrogens (tertiary/aromatic N) is 4. The number of thioether (sulfide) groups is 1. The standard InChI is InChI=1S/C22H30N6S.HI/c1-16(19-11-10-18-8-5-6-9-20(18)14-19)25-22(23-12-7-13-29-4)24-15-21-27-26-17(2)28(21)3;/h5-6,8-11,14,16H,7,12-13,15H2,1-4H3,(H2,23,24,25);1H. The van der Waals surface area contributed by atoms with Crippen molar-refractivity contribution in [1.29, 1.82) is 0 Å². The van der Waals surface area contributed by atoms with E-state index in [0.29, 0.717) is 6.54 Å². The van der Waals surface area contributed by atoms with Crippen LogP contribution in [0.15, 0.2) is 47.5 Å². The van der Waals surface area contributed by atoms with Crippen LogP contribution in [0.2, 0.25) is 0 Å². The minimum Gasteiger partial charge on any atom is -0.356 e. The van der Waals surface area contributed by atoms with E-state index in [1.165, 1.54) is 16.3 Å². The van der Waals surface area contributed by atoms with Gasteiger partial charge in [0.1, 0.15) is 12.4 Å². The molecule has 162 valence electrons. The van der Waals surface area contributed by atoms with Crippen molar-refractivity contribution in [3.8, 4) is 0 Å². The predicted octanol–water partition coefficient (Wildman–Crippen LogP) is 4.44. The summed E-state index contributed by atoms with van der Waals surface area (Å²) in [6.45, 7) is 5.48. The number of aryl methyl sites for hydroxylation is 1. The van der Waals surface area contributed by atoms with Crippen molar-refractivity contribution in [2.75, 3.05) is 18.6 Å². The van der Waals surface area contributed by atoms with Gasteiger partial charge in [-0.05, 0) is 54.7 Å². The molecule has 0 fully saturated rings. The molecular weight excluding hydrogens is 507 g/mol. The predicted molar refractivity (Wildman–Crippen MR) is 139 cm³/mol. The Labute approximate surface area is 200 Å². The Morgan fingerprint density at radius 2 is 1.93 bits per heavy atom. The topological polar surface area (TPSA) is 67.1 Å². The fraction of sp³-hybridized carbons (Fsp3) is 0.409. The number of hydrogen-bond donors (Lipinski definition) is 2. The lowest BCUT2D eigenvalue weighted by atomic mass is 10.0. The van der Waals surface area contributed by atoms with Crippen LogP contribution in [0.3, 0.4) is 0 Å². The van der Waals surface area contributed by atoms with Gasteiger partial charge in [-0.3, -0.25) is 0 Å². The van der Waals surface area contributed by atoms with E-state index < -0.39 is 0 Å². The Hall–Kier alpha value is -1.81. The second-order valence-corrected chi connectivity index (χ2v) is 8.12. The Morgan fingerprint density at radius 3 is 2.63 bits per heavy atom. The van der Waals surface area contributed by atoms with Gasteiger partial charge in [-0.2, -0.15) is 11.8 Å². The number of benzene rings is 2. The summed E-state index contributed by atoms with van der Waals surface area (Å²) >= 11 is 1.86. The molecule has 0 saturated heterocycles. The van der Waals surface area contributed by atoms with Crippen molar-refractivity contribution in [2.45, 2.75) is 32.9 Å². The molecule has 1 aromatic heterocycles. The Kier molecular flexibility index (Phi) is 9.90. The highest BCUT2D eigenvalue weighted by atomic mass is 127. The molecule has 3 aromatic rings. The van der Waals surface area contributed by atoms with E-state index >= 15 is 0 Å². The first-order valence-corrected chi connectivity index (χ1v) is 11.3. The van der Waals surface area contributed by atoms with Crippen LogP contribution in [0.25, 0.3) is 10.8 Å². The molecule has 3 rings (SSSR count). The van der Waals surface area contributed by atoms with Gasteiger partial charge in [-0.15, -0.1) is 34.2 Å².